The Morgan fingerprint density at radius 3 is 1.26 bits per heavy atom. The number of hydrogen-bond acceptors (Lipinski definition) is 4. The van der Waals surface area contributed by atoms with E-state index in [1.807, 2.05) is 36.4 Å². The molecule has 0 spiro atoms. The summed E-state index contributed by atoms with van der Waals surface area (Å²) in [5.74, 6) is -0.990. The number of fused-ring (bicyclic) bond motifs is 4. The summed E-state index contributed by atoms with van der Waals surface area (Å²) in [5, 5.41) is 15.4. The van der Waals surface area contributed by atoms with Crippen molar-refractivity contribution < 1.29 is 30.0 Å². The van der Waals surface area contributed by atoms with Crippen LogP contribution in [0.15, 0.2) is 219 Å². The van der Waals surface area contributed by atoms with Gasteiger partial charge in [-0.3, -0.25) is 9.97 Å². The van der Waals surface area contributed by atoms with Gasteiger partial charge in [0, 0.05) is 37.1 Å². The normalized spacial score (nSPS) is 10.6. The van der Waals surface area contributed by atoms with Crippen LogP contribution in [0.25, 0.3) is 88.1 Å². The molecule has 0 bridgehead atoms. The fraction of sp³-hybridized carbons (Fsp3) is 0. The van der Waals surface area contributed by atoms with Gasteiger partial charge in [-0.15, -0.1) is 58.3 Å². The number of aromatic carboxylic acids is 1. The van der Waals surface area contributed by atoms with Crippen LogP contribution in [0, 0.1) is 12.1 Å². The summed E-state index contributed by atoms with van der Waals surface area (Å²) in [6, 6.07) is 78.6. The van der Waals surface area contributed by atoms with Gasteiger partial charge in [-0.1, -0.05) is 175 Å². The molecule has 8 aromatic carbocycles. The molecule has 6 heteroatoms. The van der Waals surface area contributed by atoms with Crippen molar-refractivity contribution in [2.24, 2.45) is 0 Å². The Balaban J connectivity index is 0.000000141. The van der Waals surface area contributed by atoms with Gasteiger partial charge in [0.15, 0.2) is 0 Å². The monoisotopic (exact) mass is 976 g/mol. The molecule has 11 rings (SSSR count). The zero-order chi connectivity index (χ0) is 41.4. The summed E-state index contributed by atoms with van der Waals surface area (Å²) in [6.07, 6.45) is 1.45. The van der Waals surface area contributed by atoms with E-state index in [9.17, 15) is 4.79 Å². The SMILES string of the molecule is O=C(O)c1ccccn1.[Ir].[c-]1ccc2ccccc2c1-c1cc(-c2ccccc2)c2ccccc2n1.[c-]1ccc2ccccc2c1-c1cc(-c2ccccc2)c2ccccc2n1. The number of rotatable bonds is 5. The van der Waals surface area contributed by atoms with E-state index < -0.39 is 5.97 Å². The molecule has 0 aliphatic rings. The van der Waals surface area contributed by atoms with Crippen LogP contribution >= 0.6 is 0 Å². The summed E-state index contributed by atoms with van der Waals surface area (Å²) in [5.41, 5.74) is 10.9. The first-order chi connectivity index (χ1) is 30.1. The van der Waals surface area contributed by atoms with Gasteiger partial charge in [-0.25, -0.2) is 9.78 Å². The molecule has 0 amide bonds. The molecule has 1 radical (unpaired) electrons. The topological polar surface area (TPSA) is 76.0 Å². The van der Waals surface area contributed by atoms with E-state index in [0.29, 0.717) is 0 Å². The van der Waals surface area contributed by atoms with Crippen molar-refractivity contribution in [3.63, 3.8) is 0 Å². The molecule has 0 fully saturated rings. The smallest absolute Gasteiger partial charge is 0.354 e. The van der Waals surface area contributed by atoms with E-state index in [0.717, 1.165) is 33.5 Å². The van der Waals surface area contributed by atoms with Crippen molar-refractivity contribution in [3.8, 4) is 44.8 Å². The molecule has 0 saturated carbocycles. The van der Waals surface area contributed by atoms with E-state index in [4.69, 9.17) is 15.1 Å². The van der Waals surface area contributed by atoms with Gasteiger partial charge >= 0.3 is 5.97 Å². The van der Waals surface area contributed by atoms with Gasteiger partial charge in [0.05, 0.1) is 11.0 Å². The molecule has 0 aliphatic carbocycles. The largest absolute Gasteiger partial charge is 0.477 e. The molecule has 62 heavy (non-hydrogen) atoms. The zero-order valence-electron chi connectivity index (χ0n) is 33.3. The molecule has 1 N–H and O–H groups in total. The Morgan fingerprint density at radius 2 is 0.839 bits per heavy atom. The zero-order valence-corrected chi connectivity index (χ0v) is 35.7. The molecule has 3 aromatic heterocycles. The van der Waals surface area contributed by atoms with E-state index in [1.54, 1.807) is 12.1 Å². The quantitative estimate of drug-likeness (QED) is 0.174. The number of benzene rings is 8. The van der Waals surface area contributed by atoms with Crippen molar-refractivity contribution in [2.75, 3.05) is 0 Å². The van der Waals surface area contributed by atoms with Crippen LogP contribution < -0.4 is 0 Å². The second kappa shape index (κ2) is 19.2. The second-order valence-electron chi connectivity index (χ2n) is 14.3. The third kappa shape index (κ3) is 8.93. The van der Waals surface area contributed by atoms with Crippen LogP contribution in [0.2, 0.25) is 0 Å². The van der Waals surface area contributed by atoms with Gasteiger partial charge in [-0.2, -0.15) is 0 Å². The van der Waals surface area contributed by atoms with Crippen molar-refractivity contribution in [3.05, 3.63) is 236 Å². The van der Waals surface area contributed by atoms with Gasteiger partial charge < -0.3 is 5.11 Å². The molecule has 299 valence electrons. The molecule has 11 aromatic rings. The molecular formula is C56H37IrN3O2-2. The third-order valence-corrected chi connectivity index (χ3v) is 10.4. The summed E-state index contributed by atoms with van der Waals surface area (Å²) in [6.45, 7) is 0. The molecule has 0 saturated heterocycles. The summed E-state index contributed by atoms with van der Waals surface area (Å²) in [7, 11) is 0. The number of aromatic nitrogens is 3. The average Bonchev–Trinajstić information content (AvgIpc) is 3.34. The van der Waals surface area contributed by atoms with E-state index in [-0.39, 0.29) is 25.8 Å². The summed E-state index contributed by atoms with van der Waals surface area (Å²) >= 11 is 0. The van der Waals surface area contributed by atoms with Crippen LogP contribution in [0.5, 0.6) is 0 Å². The van der Waals surface area contributed by atoms with Crippen molar-refractivity contribution in [2.45, 2.75) is 0 Å². The predicted octanol–water partition coefficient (Wildman–Crippen LogP) is 13.8. The first-order valence-electron chi connectivity index (χ1n) is 19.9. The maximum atomic E-state index is 10.1. The van der Waals surface area contributed by atoms with E-state index in [1.165, 1.54) is 66.8 Å². The minimum absolute atomic E-state index is 0. The Bertz CT molecular complexity index is 3080. The Kier molecular flexibility index (Phi) is 12.7. The van der Waals surface area contributed by atoms with E-state index in [2.05, 4.69) is 175 Å². The van der Waals surface area contributed by atoms with Crippen LogP contribution in [-0.4, -0.2) is 26.0 Å². The van der Waals surface area contributed by atoms with Crippen LogP contribution in [0.4, 0.5) is 0 Å². The minimum atomic E-state index is -0.990. The van der Waals surface area contributed by atoms with Crippen molar-refractivity contribution >= 4 is 49.3 Å². The maximum absolute atomic E-state index is 10.1. The van der Waals surface area contributed by atoms with Crippen LogP contribution in [-0.2, 0) is 20.1 Å². The Morgan fingerprint density at radius 1 is 0.435 bits per heavy atom. The Hall–Kier alpha value is -7.63. The predicted molar refractivity (Wildman–Crippen MR) is 249 cm³/mol. The summed E-state index contributed by atoms with van der Waals surface area (Å²) in [4.78, 5) is 23.6. The molecule has 5 nitrogen and oxygen atoms in total. The molecule has 0 unspecified atom stereocenters. The fourth-order valence-electron chi connectivity index (χ4n) is 7.56. The van der Waals surface area contributed by atoms with Crippen LogP contribution in [0.3, 0.4) is 0 Å². The maximum Gasteiger partial charge on any atom is 0.354 e. The first-order valence-corrected chi connectivity index (χ1v) is 19.9. The number of hydrogen-bond donors (Lipinski definition) is 1. The molecule has 0 atom stereocenters. The van der Waals surface area contributed by atoms with Crippen molar-refractivity contribution in [1.82, 2.24) is 15.0 Å². The second-order valence-corrected chi connectivity index (χ2v) is 14.3. The van der Waals surface area contributed by atoms with Crippen molar-refractivity contribution in [1.29, 1.82) is 0 Å². The number of nitrogens with zero attached hydrogens (tertiary/aromatic N) is 3. The van der Waals surface area contributed by atoms with Gasteiger partial charge in [0.2, 0.25) is 0 Å². The average molecular weight is 976 g/mol. The number of pyridine rings is 3. The number of carboxylic acid groups (broad SMARTS) is 1. The molecular weight excluding hydrogens is 939 g/mol. The Labute approximate surface area is 373 Å². The van der Waals surface area contributed by atoms with Crippen LogP contribution in [0.1, 0.15) is 10.5 Å². The first kappa shape index (κ1) is 41.1. The standard InChI is InChI=1S/2C25H16N.C6H5NO2.Ir/c2*1-2-9-19(10-3-1)23-17-25(26-24-16-7-6-14-22(23)24)21-15-8-12-18-11-4-5-13-20(18)21;8-6(9)5-3-1-2-4-7-5;/h2*1-14,16-17H;1-4H,(H,8,9);/q2*-1;;. The molecule has 3 heterocycles. The van der Waals surface area contributed by atoms with Gasteiger partial charge in [0.1, 0.15) is 5.69 Å². The van der Waals surface area contributed by atoms with E-state index >= 15 is 0 Å². The van der Waals surface area contributed by atoms with Gasteiger partial charge in [0.25, 0.3) is 0 Å². The molecule has 0 aliphatic heterocycles. The van der Waals surface area contributed by atoms with Gasteiger partial charge in [-0.05, 0) is 57.9 Å². The number of carboxylic acids is 1. The summed E-state index contributed by atoms with van der Waals surface area (Å²) < 4.78 is 0. The number of carbonyl (C=O) groups is 1. The third-order valence-electron chi connectivity index (χ3n) is 10.4. The number of para-hydroxylation sites is 2. The fourth-order valence-corrected chi connectivity index (χ4v) is 7.56. The minimum Gasteiger partial charge on any atom is -0.477 e.